The number of ether oxygens (including phenoxy) is 1. The molecule has 0 bridgehead atoms. The van der Waals surface area contributed by atoms with Crippen molar-refractivity contribution in [3.8, 4) is 5.75 Å². The van der Waals surface area contributed by atoms with Crippen molar-refractivity contribution in [2.24, 2.45) is 0 Å². The number of likely N-dealkylation sites (N-methyl/N-ethyl adjacent to an activating group) is 1. The minimum absolute atomic E-state index is 0.133. The van der Waals surface area contributed by atoms with Crippen LogP contribution < -0.4 is 10.1 Å². The van der Waals surface area contributed by atoms with Crippen molar-refractivity contribution in [2.45, 2.75) is 25.8 Å². The Morgan fingerprint density at radius 3 is 2.59 bits per heavy atom. The highest BCUT2D eigenvalue weighted by Gasteiger charge is 2.22. The normalized spacial score (nSPS) is 11.3. The Bertz CT molecular complexity index is 416. The Labute approximate surface area is 101 Å². The Morgan fingerprint density at radius 1 is 1.47 bits per heavy atom. The number of methoxy groups -OCH3 is 1. The third kappa shape index (κ3) is 3.42. The van der Waals surface area contributed by atoms with E-state index in [-0.39, 0.29) is 16.1 Å². The molecule has 1 N–H and O–H groups in total. The third-order valence-electron chi connectivity index (χ3n) is 2.79. The van der Waals surface area contributed by atoms with Crippen LogP contribution in [0.3, 0.4) is 0 Å². The predicted molar refractivity (Wildman–Crippen MR) is 66.5 cm³/mol. The standard InChI is InChI=1S/C12H18N2O3/c1-12(2,13-3)8-9-7-10(17-4)5-6-11(9)14(15)16/h5-7,13H,8H2,1-4H3. The molecule has 0 atom stereocenters. The highest BCUT2D eigenvalue weighted by Crippen LogP contribution is 2.27. The number of rotatable bonds is 5. The van der Waals surface area contributed by atoms with Gasteiger partial charge in [-0.15, -0.1) is 0 Å². The Kier molecular flexibility index (Phi) is 4.07. The molecular weight excluding hydrogens is 220 g/mol. The van der Waals surface area contributed by atoms with E-state index in [9.17, 15) is 10.1 Å². The van der Waals surface area contributed by atoms with Crippen LogP contribution in [-0.2, 0) is 6.42 Å². The zero-order valence-corrected chi connectivity index (χ0v) is 10.6. The lowest BCUT2D eigenvalue weighted by atomic mass is 9.94. The van der Waals surface area contributed by atoms with Crippen molar-refractivity contribution in [3.05, 3.63) is 33.9 Å². The molecule has 0 amide bonds. The number of nitrogens with zero attached hydrogens (tertiary/aromatic N) is 1. The monoisotopic (exact) mass is 238 g/mol. The lowest BCUT2D eigenvalue weighted by molar-refractivity contribution is -0.385. The van der Waals surface area contributed by atoms with Gasteiger partial charge in [-0.05, 0) is 39.4 Å². The first-order valence-electron chi connectivity index (χ1n) is 5.40. The first kappa shape index (κ1) is 13.4. The summed E-state index contributed by atoms with van der Waals surface area (Å²) in [4.78, 5) is 10.6. The molecule has 0 saturated carbocycles. The maximum Gasteiger partial charge on any atom is 0.272 e. The van der Waals surface area contributed by atoms with Gasteiger partial charge in [0.2, 0.25) is 0 Å². The Hall–Kier alpha value is -1.62. The summed E-state index contributed by atoms with van der Waals surface area (Å²) in [6.45, 7) is 3.99. The van der Waals surface area contributed by atoms with Gasteiger partial charge >= 0.3 is 0 Å². The van der Waals surface area contributed by atoms with Crippen LogP contribution in [0.25, 0.3) is 0 Å². The Balaban J connectivity index is 3.13. The van der Waals surface area contributed by atoms with Gasteiger partial charge in [-0.3, -0.25) is 10.1 Å². The van der Waals surface area contributed by atoms with Gasteiger partial charge in [0.25, 0.3) is 5.69 Å². The number of nitrogens with one attached hydrogen (secondary N) is 1. The second-order valence-corrected chi connectivity index (χ2v) is 4.56. The zero-order valence-electron chi connectivity index (χ0n) is 10.6. The van der Waals surface area contributed by atoms with Crippen LogP contribution in [0.4, 0.5) is 5.69 Å². The molecule has 0 spiro atoms. The summed E-state index contributed by atoms with van der Waals surface area (Å²) in [5.74, 6) is 0.637. The summed E-state index contributed by atoms with van der Waals surface area (Å²) < 4.78 is 5.09. The van der Waals surface area contributed by atoms with E-state index in [4.69, 9.17) is 4.74 Å². The van der Waals surface area contributed by atoms with E-state index in [2.05, 4.69) is 5.32 Å². The summed E-state index contributed by atoms with van der Waals surface area (Å²) in [7, 11) is 3.39. The molecule has 0 aliphatic rings. The van der Waals surface area contributed by atoms with Gasteiger partial charge in [-0.25, -0.2) is 0 Å². The molecule has 0 unspecified atom stereocenters. The molecule has 1 aromatic rings. The molecule has 1 rings (SSSR count). The van der Waals surface area contributed by atoms with Crippen LogP contribution in [0, 0.1) is 10.1 Å². The summed E-state index contributed by atoms with van der Waals surface area (Å²) in [5.41, 5.74) is 0.611. The average molecular weight is 238 g/mol. The molecule has 0 radical (unpaired) electrons. The van der Waals surface area contributed by atoms with E-state index in [0.717, 1.165) is 0 Å². The van der Waals surface area contributed by atoms with E-state index < -0.39 is 0 Å². The van der Waals surface area contributed by atoms with Crippen LogP contribution in [0.1, 0.15) is 19.4 Å². The molecule has 1 aromatic carbocycles. The fourth-order valence-corrected chi connectivity index (χ4v) is 1.57. The minimum Gasteiger partial charge on any atom is -0.497 e. The van der Waals surface area contributed by atoms with E-state index in [1.165, 1.54) is 6.07 Å². The summed E-state index contributed by atoms with van der Waals surface area (Å²) in [6, 6.07) is 4.81. The van der Waals surface area contributed by atoms with Crippen molar-refractivity contribution in [3.63, 3.8) is 0 Å². The lowest BCUT2D eigenvalue weighted by Crippen LogP contribution is -2.38. The van der Waals surface area contributed by atoms with Crippen LogP contribution in [-0.4, -0.2) is 24.6 Å². The molecule has 0 heterocycles. The van der Waals surface area contributed by atoms with E-state index in [0.29, 0.717) is 17.7 Å². The van der Waals surface area contributed by atoms with Crippen LogP contribution in [0.2, 0.25) is 0 Å². The van der Waals surface area contributed by atoms with Crippen molar-refractivity contribution in [2.75, 3.05) is 14.2 Å². The lowest BCUT2D eigenvalue weighted by Gasteiger charge is -2.24. The van der Waals surface area contributed by atoms with Crippen molar-refractivity contribution >= 4 is 5.69 Å². The molecule has 94 valence electrons. The molecule has 0 aliphatic heterocycles. The van der Waals surface area contributed by atoms with Crippen LogP contribution in [0.15, 0.2) is 18.2 Å². The van der Waals surface area contributed by atoms with Crippen LogP contribution >= 0.6 is 0 Å². The SMILES string of the molecule is CNC(C)(C)Cc1cc(OC)ccc1[N+](=O)[O-]. The van der Waals surface area contributed by atoms with Crippen LogP contribution in [0.5, 0.6) is 5.75 Å². The topological polar surface area (TPSA) is 64.4 Å². The molecule has 0 saturated heterocycles. The first-order valence-corrected chi connectivity index (χ1v) is 5.40. The van der Waals surface area contributed by atoms with E-state index in [1.54, 1.807) is 19.2 Å². The van der Waals surface area contributed by atoms with Gasteiger partial charge in [-0.2, -0.15) is 0 Å². The number of nitro groups is 1. The minimum atomic E-state index is -0.361. The predicted octanol–water partition coefficient (Wildman–Crippen LogP) is 2.14. The van der Waals surface area contributed by atoms with Gasteiger partial charge in [0.05, 0.1) is 12.0 Å². The highest BCUT2D eigenvalue weighted by molar-refractivity contribution is 5.46. The fourth-order valence-electron chi connectivity index (χ4n) is 1.57. The molecule has 17 heavy (non-hydrogen) atoms. The second kappa shape index (κ2) is 5.14. The number of hydrogen-bond donors (Lipinski definition) is 1. The quantitative estimate of drug-likeness (QED) is 0.630. The number of benzene rings is 1. The summed E-state index contributed by atoms with van der Waals surface area (Å²) in [5, 5.41) is 14.1. The second-order valence-electron chi connectivity index (χ2n) is 4.56. The summed E-state index contributed by atoms with van der Waals surface area (Å²) >= 11 is 0. The van der Waals surface area contributed by atoms with Gasteiger partial charge in [0, 0.05) is 17.2 Å². The van der Waals surface area contributed by atoms with Crippen molar-refractivity contribution in [1.29, 1.82) is 0 Å². The maximum atomic E-state index is 10.9. The van der Waals surface area contributed by atoms with E-state index in [1.807, 2.05) is 20.9 Å². The smallest absolute Gasteiger partial charge is 0.272 e. The van der Waals surface area contributed by atoms with Gasteiger partial charge in [0.1, 0.15) is 5.75 Å². The first-order chi connectivity index (χ1) is 7.89. The molecule has 0 aromatic heterocycles. The zero-order chi connectivity index (χ0) is 13.1. The fraction of sp³-hybridized carbons (Fsp3) is 0.500. The summed E-state index contributed by atoms with van der Waals surface area (Å²) in [6.07, 6.45) is 0.566. The molecular formula is C12H18N2O3. The average Bonchev–Trinajstić information content (AvgIpc) is 2.28. The highest BCUT2D eigenvalue weighted by atomic mass is 16.6. The third-order valence-corrected chi connectivity index (χ3v) is 2.79. The number of hydrogen-bond acceptors (Lipinski definition) is 4. The Morgan fingerprint density at radius 2 is 2.12 bits per heavy atom. The number of nitro benzene ring substituents is 1. The van der Waals surface area contributed by atoms with E-state index >= 15 is 0 Å². The van der Waals surface area contributed by atoms with Gasteiger partial charge in [0.15, 0.2) is 0 Å². The molecule has 0 fully saturated rings. The maximum absolute atomic E-state index is 10.9. The molecule has 0 aliphatic carbocycles. The molecule has 5 nitrogen and oxygen atoms in total. The van der Waals surface area contributed by atoms with Crippen molar-refractivity contribution < 1.29 is 9.66 Å². The van der Waals surface area contributed by atoms with Gasteiger partial charge in [-0.1, -0.05) is 0 Å². The van der Waals surface area contributed by atoms with Crippen molar-refractivity contribution in [1.82, 2.24) is 5.32 Å². The molecule has 5 heteroatoms. The largest absolute Gasteiger partial charge is 0.497 e. The van der Waals surface area contributed by atoms with Gasteiger partial charge < -0.3 is 10.1 Å².